The number of rotatable bonds is 2. The van der Waals surface area contributed by atoms with E-state index in [-0.39, 0.29) is 6.10 Å². The molecule has 0 aromatic rings. The molecule has 0 aliphatic carbocycles. The third kappa shape index (κ3) is 32.6. The molecule has 58 valence electrons. The van der Waals surface area contributed by atoms with Crippen molar-refractivity contribution in [2.45, 2.75) is 39.7 Å². The van der Waals surface area contributed by atoms with E-state index in [1.54, 1.807) is 6.92 Å². The van der Waals surface area contributed by atoms with Gasteiger partial charge < -0.3 is 10.8 Å². The Morgan fingerprint density at radius 3 is 1.56 bits per heavy atom. The quantitative estimate of drug-likeness (QED) is 0.593. The molecule has 2 heteroatoms. The van der Waals surface area contributed by atoms with Gasteiger partial charge >= 0.3 is 0 Å². The van der Waals surface area contributed by atoms with E-state index in [1.165, 1.54) is 12.8 Å². The monoisotopic (exact) mass is 133 g/mol. The second-order valence-corrected chi connectivity index (χ2v) is 2.08. The molecule has 3 N–H and O–H groups in total. The van der Waals surface area contributed by atoms with Crippen molar-refractivity contribution in [1.29, 1.82) is 0 Å². The van der Waals surface area contributed by atoms with Crippen molar-refractivity contribution in [3.05, 3.63) is 0 Å². The lowest BCUT2D eigenvalue weighted by atomic mass is 10.4. The van der Waals surface area contributed by atoms with Crippen LogP contribution in [0.2, 0.25) is 0 Å². The summed E-state index contributed by atoms with van der Waals surface area (Å²) < 4.78 is 0. The van der Waals surface area contributed by atoms with Crippen molar-refractivity contribution in [2.24, 2.45) is 5.73 Å². The molecule has 0 spiro atoms. The maximum Gasteiger partial charge on any atom is 0.0634 e. The van der Waals surface area contributed by atoms with Gasteiger partial charge in [-0.3, -0.25) is 0 Å². The second-order valence-electron chi connectivity index (χ2n) is 2.08. The molecule has 0 amide bonds. The number of hydrogen-bond donors (Lipinski definition) is 2. The molecule has 0 aliphatic heterocycles. The molecule has 0 aromatic heterocycles. The maximum absolute atomic E-state index is 8.24. The van der Waals surface area contributed by atoms with Crippen LogP contribution in [0.5, 0.6) is 0 Å². The van der Waals surface area contributed by atoms with Crippen LogP contribution in [0, 0.1) is 0 Å². The highest BCUT2D eigenvalue weighted by Crippen LogP contribution is 1.76. The fourth-order valence-corrected chi connectivity index (χ4v) is 0. The molecule has 1 unspecified atom stereocenters. The summed E-state index contributed by atoms with van der Waals surface area (Å²) in [4.78, 5) is 0. The van der Waals surface area contributed by atoms with Crippen LogP contribution in [0.15, 0.2) is 0 Å². The standard InChI is InChI=1S/C4H10.C3H9NO/c1-3-4-2;1-3(5)2-4/h3-4H2,1-2H3;3,5H,2,4H2,1H3. The molecule has 0 aromatic carbocycles. The van der Waals surface area contributed by atoms with Crippen LogP contribution in [-0.2, 0) is 0 Å². The van der Waals surface area contributed by atoms with Crippen molar-refractivity contribution >= 4 is 0 Å². The zero-order valence-electron chi connectivity index (χ0n) is 6.72. The Bertz CT molecular complexity index is 35.9. The fourth-order valence-electron chi connectivity index (χ4n) is 0. The van der Waals surface area contributed by atoms with Crippen LogP contribution < -0.4 is 5.73 Å². The van der Waals surface area contributed by atoms with Gasteiger partial charge in [-0.2, -0.15) is 0 Å². The first kappa shape index (κ1) is 11.7. The van der Waals surface area contributed by atoms with E-state index in [2.05, 4.69) is 13.8 Å². The van der Waals surface area contributed by atoms with Crippen LogP contribution >= 0.6 is 0 Å². The van der Waals surface area contributed by atoms with Crippen LogP contribution in [0.25, 0.3) is 0 Å². The minimum Gasteiger partial charge on any atom is -0.392 e. The van der Waals surface area contributed by atoms with Crippen LogP contribution in [0.4, 0.5) is 0 Å². The van der Waals surface area contributed by atoms with E-state index in [9.17, 15) is 0 Å². The first-order chi connectivity index (χ1) is 4.18. The summed E-state index contributed by atoms with van der Waals surface area (Å²) in [7, 11) is 0. The lowest BCUT2D eigenvalue weighted by molar-refractivity contribution is 0.203. The normalized spacial score (nSPS) is 11.7. The molecule has 1 atom stereocenters. The molecule has 0 heterocycles. The molecule has 0 radical (unpaired) electrons. The third-order valence-corrected chi connectivity index (χ3v) is 0.841. The summed E-state index contributed by atoms with van der Waals surface area (Å²) in [5.74, 6) is 0. The van der Waals surface area contributed by atoms with E-state index in [0.717, 1.165) is 0 Å². The Hall–Kier alpha value is -0.0800. The zero-order chi connectivity index (χ0) is 7.70. The van der Waals surface area contributed by atoms with Crippen molar-refractivity contribution in [3.63, 3.8) is 0 Å². The molecule has 0 fully saturated rings. The van der Waals surface area contributed by atoms with Gasteiger partial charge in [-0.25, -0.2) is 0 Å². The Kier molecular flexibility index (Phi) is 14.0. The van der Waals surface area contributed by atoms with Crippen molar-refractivity contribution in [3.8, 4) is 0 Å². The van der Waals surface area contributed by atoms with E-state index < -0.39 is 0 Å². The minimum atomic E-state index is -0.338. The number of aliphatic hydroxyl groups is 1. The van der Waals surface area contributed by atoms with Crippen LogP contribution in [0.3, 0.4) is 0 Å². The second kappa shape index (κ2) is 10.8. The van der Waals surface area contributed by atoms with Crippen LogP contribution in [-0.4, -0.2) is 17.8 Å². The SMILES string of the molecule is CC(O)CN.CCCC. The summed E-state index contributed by atoms with van der Waals surface area (Å²) in [5.41, 5.74) is 4.92. The Balaban J connectivity index is 0. The highest BCUT2D eigenvalue weighted by Gasteiger charge is 1.81. The summed E-state index contributed by atoms with van der Waals surface area (Å²) in [6, 6.07) is 0. The molecular weight excluding hydrogens is 114 g/mol. The van der Waals surface area contributed by atoms with Gasteiger partial charge in [0.2, 0.25) is 0 Å². The number of unbranched alkanes of at least 4 members (excludes halogenated alkanes) is 1. The van der Waals surface area contributed by atoms with Crippen LogP contribution in [0.1, 0.15) is 33.6 Å². The van der Waals surface area contributed by atoms with Gasteiger partial charge in [0.15, 0.2) is 0 Å². The van der Waals surface area contributed by atoms with Crippen molar-refractivity contribution < 1.29 is 5.11 Å². The first-order valence-electron chi connectivity index (χ1n) is 3.57. The topological polar surface area (TPSA) is 46.2 Å². The maximum atomic E-state index is 8.24. The minimum absolute atomic E-state index is 0.338. The number of nitrogens with two attached hydrogens (primary N) is 1. The van der Waals surface area contributed by atoms with Gasteiger partial charge in [-0.1, -0.05) is 26.7 Å². The van der Waals surface area contributed by atoms with E-state index in [1.807, 2.05) is 0 Å². The smallest absolute Gasteiger partial charge is 0.0634 e. The largest absolute Gasteiger partial charge is 0.392 e. The van der Waals surface area contributed by atoms with Gasteiger partial charge in [0.25, 0.3) is 0 Å². The van der Waals surface area contributed by atoms with E-state index in [4.69, 9.17) is 10.8 Å². The summed E-state index contributed by atoms with van der Waals surface area (Å²) in [5, 5.41) is 8.24. The van der Waals surface area contributed by atoms with Crippen molar-refractivity contribution in [1.82, 2.24) is 0 Å². The Labute approximate surface area is 58.1 Å². The molecule has 0 rings (SSSR count). The first-order valence-corrected chi connectivity index (χ1v) is 3.57. The third-order valence-electron chi connectivity index (χ3n) is 0.841. The Morgan fingerprint density at radius 1 is 1.33 bits per heavy atom. The van der Waals surface area contributed by atoms with Gasteiger partial charge in [-0.15, -0.1) is 0 Å². The number of aliphatic hydroxyl groups excluding tert-OH is 1. The highest BCUT2D eigenvalue weighted by atomic mass is 16.3. The summed E-state index contributed by atoms with van der Waals surface area (Å²) in [6.07, 6.45) is 2.30. The van der Waals surface area contributed by atoms with Gasteiger partial charge in [0.05, 0.1) is 6.10 Å². The Morgan fingerprint density at radius 2 is 1.56 bits per heavy atom. The fraction of sp³-hybridized carbons (Fsp3) is 1.00. The number of hydrogen-bond acceptors (Lipinski definition) is 2. The molecule has 9 heavy (non-hydrogen) atoms. The molecule has 0 saturated heterocycles. The average molecular weight is 133 g/mol. The molecule has 2 nitrogen and oxygen atoms in total. The average Bonchev–Trinajstić information content (AvgIpc) is 1.89. The lowest BCUT2D eigenvalue weighted by Gasteiger charge is -1.91. The van der Waals surface area contributed by atoms with Gasteiger partial charge in [0.1, 0.15) is 0 Å². The molecule has 0 saturated carbocycles. The van der Waals surface area contributed by atoms with Gasteiger partial charge in [0, 0.05) is 6.54 Å². The van der Waals surface area contributed by atoms with E-state index >= 15 is 0 Å². The van der Waals surface area contributed by atoms with E-state index in [0.29, 0.717) is 6.54 Å². The highest BCUT2D eigenvalue weighted by molar-refractivity contribution is 4.40. The molecular formula is C7H19NO. The summed E-state index contributed by atoms with van der Waals surface area (Å²) >= 11 is 0. The molecule has 0 bridgehead atoms. The van der Waals surface area contributed by atoms with Gasteiger partial charge in [-0.05, 0) is 6.92 Å². The predicted molar refractivity (Wildman–Crippen MR) is 41.3 cm³/mol. The predicted octanol–water partition coefficient (Wildman–Crippen LogP) is 1.13. The lowest BCUT2D eigenvalue weighted by Crippen LogP contribution is -2.14. The molecule has 0 aliphatic rings. The zero-order valence-corrected chi connectivity index (χ0v) is 6.72. The summed E-state index contributed by atoms with van der Waals surface area (Å²) in [6.45, 7) is 6.38. The van der Waals surface area contributed by atoms with Crippen molar-refractivity contribution in [2.75, 3.05) is 6.54 Å².